The minimum Gasteiger partial charge on any atom is -0.387 e. The lowest BCUT2D eigenvalue weighted by molar-refractivity contribution is -0.0847. The third-order valence-corrected chi connectivity index (χ3v) is 31.4. The number of aromatic nitrogens is 14. The van der Waals surface area contributed by atoms with Crippen LogP contribution in [0.2, 0.25) is 0 Å². The van der Waals surface area contributed by atoms with Crippen LogP contribution in [0.4, 0.5) is 29.1 Å². The van der Waals surface area contributed by atoms with Gasteiger partial charge in [-0.15, -0.1) is 0 Å². The Balaban J connectivity index is 0.797. The third kappa shape index (κ3) is 29.4. The van der Waals surface area contributed by atoms with Gasteiger partial charge in [0, 0.05) is 114 Å². The molecule has 65 heteroatoms. The molecule has 13 heterocycles. The van der Waals surface area contributed by atoms with E-state index in [1.807, 2.05) is 0 Å². The molecule has 0 bridgehead atoms. The molecule has 6 aliphatic rings. The number of imidazole rings is 1. The monoisotopic (exact) mass is 2230 g/mol. The van der Waals surface area contributed by atoms with Crippen molar-refractivity contribution in [2.45, 2.75) is 228 Å². The van der Waals surface area contributed by atoms with Crippen molar-refractivity contribution in [1.29, 1.82) is 0 Å². The maximum atomic E-state index is 15.8. The number of ether oxygens (including phenoxy) is 16. The van der Waals surface area contributed by atoms with E-state index in [1.165, 1.54) is 96.6 Å². The molecule has 0 spiro atoms. The number of methoxy groups -OCH3 is 5. The zero-order valence-electron chi connectivity index (χ0n) is 83.2. The maximum Gasteiger partial charge on any atom is 0.472 e. The fourth-order valence-corrected chi connectivity index (χ4v) is 23.5. The van der Waals surface area contributed by atoms with Crippen LogP contribution >= 0.6 is 61.1 Å². The number of fused-ring (bicyclic) bond motifs is 1. The van der Waals surface area contributed by atoms with E-state index in [4.69, 9.17) is 150 Å². The van der Waals surface area contributed by atoms with Crippen molar-refractivity contribution in [1.82, 2.24) is 67.3 Å². The Hall–Kier alpha value is -7.52. The number of hydrogen-bond acceptors (Lipinski definition) is 50. The zero-order chi connectivity index (χ0) is 107. The number of nitrogens with one attached hydrogen (secondary N) is 1. The summed E-state index contributed by atoms with van der Waals surface area (Å²) in [6, 6.07) is 0. The quantitative estimate of drug-likeness (QED) is 0.0148. The van der Waals surface area contributed by atoms with Crippen molar-refractivity contribution in [3.05, 3.63) is 134 Å². The number of H-pyrrole nitrogens is 1. The van der Waals surface area contributed by atoms with E-state index in [9.17, 15) is 43.3 Å². The molecule has 0 aliphatic carbocycles. The van der Waals surface area contributed by atoms with Crippen LogP contribution < -0.4 is 62.7 Å². The van der Waals surface area contributed by atoms with E-state index < -0.39 is 251 Å². The van der Waals surface area contributed by atoms with Crippen LogP contribution in [-0.4, -0.2) is 329 Å². The number of nitrogens with zero attached hydrogens (tertiary/aromatic N) is 13. The molecule has 6 saturated heterocycles. The van der Waals surface area contributed by atoms with Crippen LogP contribution in [0.5, 0.6) is 0 Å². The zero-order valence-corrected chi connectivity index (χ0v) is 89.5. The summed E-state index contributed by atoms with van der Waals surface area (Å²) in [7, 11) is -8.62. The largest absolute Gasteiger partial charge is 0.472 e. The molecule has 28 atom stereocenters. The highest BCUT2D eigenvalue weighted by atomic mass is 32.7. The number of hydrogen-bond donors (Lipinski definition) is 10. The standard InChI is InChI=1S/C83H128N19O39P5S2/c1-14-15-16-17-18-19-48-49(30-55(131-48)97-31-43(2)67(84)92-79(97)105)137-145(114,147)129-40-54-61(66(125-29-24-120-11)78(136-54)102-42-91-56-71(88)89-41-90-72(56)102)141-146(115,148)130-39-53-60(65(124-28-23-119-10)77(135-53)101-35-47(6)73(104)96-83(101)109)140-144(112,113)128-38-52-59(64(123-27-22-118-9)76(134-52)100-34-46(5)70(87)95-82(100)108)139-143(13,111)127-37-51-58(63(122-26-21-117-8)75(133-51)99-33-45(4)69(86)94-81(99)107)138-142(12,110)126-36-50-57(103)62(121-25-20-116-7)74(132-50)98-32-44(3)68(85)93-80(98)106/h31-35,41-42,48-55,57-66,74-78,103H,14-30,36-40H2,1-13H3,(H,112,113)(H,114,147)(H,115,148)(H2,84,92,105)(H2,85,93,106)(H2,86,94,107)(H2,87,95,108)(H2,88,89,90)(H,96,104,109)/t48-,49-,50-,51-,52-,53-,54-,55-,57?,58?,59?,60+,61?,62?,63?,64?,65+,66?,74-,75-,76-,77-,78-,142?,143?,145?,146?/m1/s1. The summed E-state index contributed by atoms with van der Waals surface area (Å²) in [6.07, 6.45) is -22.2. The highest BCUT2D eigenvalue weighted by molar-refractivity contribution is 8.44. The first-order chi connectivity index (χ1) is 70.3. The third-order valence-electron chi connectivity index (χ3n) is 24.7. The van der Waals surface area contributed by atoms with E-state index >= 15 is 18.3 Å². The molecule has 58 nitrogen and oxygen atoms in total. The highest BCUT2D eigenvalue weighted by Crippen LogP contribution is 2.61. The molecule has 7 aromatic heterocycles. The Labute approximate surface area is 856 Å². The number of aliphatic hydroxyl groups excluding tert-OH is 1. The number of nitrogens with two attached hydrogens (primary N) is 5. The summed E-state index contributed by atoms with van der Waals surface area (Å²) in [5.74, 6) is -0.474. The predicted molar refractivity (Wildman–Crippen MR) is 526 cm³/mol. The average Bonchev–Trinajstić information content (AvgIpc) is 1.61. The molecule has 0 amide bonds. The minimum absolute atomic E-state index is 0.0126. The Morgan fingerprint density at radius 1 is 0.405 bits per heavy atom. The van der Waals surface area contributed by atoms with Crippen molar-refractivity contribution in [2.24, 2.45) is 0 Å². The van der Waals surface area contributed by atoms with Crippen LogP contribution in [-0.2, 0) is 144 Å². The van der Waals surface area contributed by atoms with Gasteiger partial charge in [-0.25, -0.2) is 52.6 Å². The van der Waals surface area contributed by atoms with E-state index in [2.05, 4.69) is 71.3 Å². The summed E-state index contributed by atoms with van der Waals surface area (Å²) in [6.45, 7) is -4.55. The summed E-state index contributed by atoms with van der Waals surface area (Å²) in [4.78, 5) is 125. The minimum atomic E-state index is -5.90. The number of aliphatic hydroxyl groups is 1. The summed E-state index contributed by atoms with van der Waals surface area (Å²) >= 11 is 8.96. The first-order valence-electron chi connectivity index (χ1n) is 46.9. The van der Waals surface area contributed by atoms with Crippen LogP contribution in [0, 0.1) is 34.6 Å². The molecule has 0 radical (unpaired) electrons. The number of nitrogen functional groups attached to an aromatic ring is 5. The smallest absolute Gasteiger partial charge is 0.387 e. The van der Waals surface area contributed by atoms with Crippen molar-refractivity contribution in [3.8, 4) is 0 Å². The average molecular weight is 2240 g/mol. The number of anilines is 5. The van der Waals surface area contributed by atoms with Gasteiger partial charge in [-0.05, 0) is 41.0 Å². The van der Waals surface area contributed by atoms with Gasteiger partial charge in [0.05, 0.1) is 118 Å². The van der Waals surface area contributed by atoms with Crippen LogP contribution in [0.3, 0.4) is 0 Å². The Kier molecular flexibility index (Phi) is 41.4. The van der Waals surface area contributed by atoms with Crippen LogP contribution in [0.25, 0.3) is 11.2 Å². The van der Waals surface area contributed by atoms with Gasteiger partial charge in [0.15, 0.2) is 42.6 Å². The molecule has 6 fully saturated rings. The first-order valence-corrected chi connectivity index (χ1v) is 57.8. The molecule has 13 unspecified atom stereocenters. The van der Waals surface area contributed by atoms with E-state index in [0.29, 0.717) is 24.0 Å². The molecule has 13 N–H and O–H groups in total. The summed E-state index contributed by atoms with van der Waals surface area (Å²) < 4.78 is 243. The van der Waals surface area contributed by atoms with Crippen molar-refractivity contribution in [3.63, 3.8) is 0 Å². The second-order valence-corrected chi connectivity index (χ2v) is 46.6. The second-order valence-electron chi connectivity index (χ2n) is 35.4. The lowest BCUT2D eigenvalue weighted by atomic mass is 10.0. The van der Waals surface area contributed by atoms with Gasteiger partial charge in [0.1, 0.15) is 133 Å². The number of aryl methyl sites for hydroxylation is 5. The van der Waals surface area contributed by atoms with E-state index in [-0.39, 0.29) is 123 Å². The van der Waals surface area contributed by atoms with Crippen molar-refractivity contribution >= 4 is 101 Å². The van der Waals surface area contributed by atoms with Gasteiger partial charge >= 0.3 is 65.1 Å². The molecular weight excluding hydrogens is 2110 g/mol. The fraction of sp³-hybridized carbons (Fsp3) is 0.699. The Morgan fingerprint density at radius 2 is 0.770 bits per heavy atom. The molecule has 826 valence electrons. The first kappa shape index (κ1) is 118. The van der Waals surface area contributed by atoms with Crippen molar-refractivity contribution < 1.29 is 154 Å². The molecule has 6 aliphatic heterocycles. The van der Waals surface area contributed by atoms with E-state index in [1.54, 1.807) is 13.8 Å². The normalized spacial score (nSPS) is 28.8. The van der Waals surface area contributed by atoms with Gasteiger partial charge < -0.3 is 124 Å². The number of aromatic amines is 1. The Bertz CT molecular complexity index is 6320. The molecule has 0 saturated carbocycles. The fourth-order valence-electron chi connectivity index (χ4n) is 17.2. The highest BCUT2D eigenvalue weighted by Gasteiger charge is 2.59. The number of thiol groups is 2. The van der Waals surface area contributed by atoms with Crippen LogP contribution in [0.1, 0.15) is 117 Å². The number of phosphoric acid groups is 1. The Morgan fingerprint density at radius 3 is 1.22 bits per heavy atom. The molecule has 7 aromatic rings. The summed E-state index contributed by atoms with van der Waals surface area (Å²) in [5.41, 5.74) is 26.4. The van der Waals surface area contributed by atoms with Gasteiger partial charge in [-0.1, -0.05) is 63.5 Å². The molecular formula is C83H128N19O39P5S2. The number of phosphoric ester groups is 1. The van der Waals surface area contributed by atoms with Crippen LogP contribution in [0.15, 0.2) is 72.4 Å². The molecule has 13 rings (SSSR count). The van der Waals surface area contributed by atoms with Crippen molar-refractivity contribution in [2.75, 3.05) is 177 Å². The maximum absolute atomic E-state index is 15.8. The number of rotatable bonds is 57. The van der Waals surface area contributed by atoms with Gasteiger partial charge in [-0.2, -0.15) is 19.9 Å². The number of unbranched alkanes of at least 4 members (excludes halogenated alkanes) is 4. The lowest BCUT2D eigenvalue weighted by Gasteiger charge is -2.30. The molecule has 0 aromatic carbocycles. The van der Waals surface area contributed by atoms with Gasteiger partial charge in [0.25, 0.3) is 5.56 Å². The SMILES string of the molecule is CCCCCCC[C@H]1O[C@@H](n2cc(C)c(N)nc2=O)C[C@H]1OP(=O)(S)OC[C@H]1O[C@@H](n2cnc3c(N)ncnc32)C(OCCOC)C1OP(=O)(S)OC[C@H]1O[C@@H](n2cc(C)c(=O)[nH]c2=O)[C@@H](OCCOC)[C@H]1OP(=O)(O)OC[C@H]1O[C@@H](n2cc(C)c(N)nc2=O)C(OCCOC)C1OP(C)(=O)OC[C@H]1O[C@@H](n2cc(C)c(N)nc2=O)C(OCCOC)C1OP(C)(=O)OC[C@H]1O[C@@H](n2cc(C)c(N)nc2=O)C(OCCOC)C1O. The second kappa shape index (κ2) is 52.1. The molecule has 148 heavy (non-hydrogen) atoms. The topological polar surface area (TPSA) is 734 Å². The van der Waals surface area contributed by atoms with E-state index in [0.717, 1.165) is 69.8 Å². The summed E-state index contributed by atoms with van der Waals surface area (Å²) in [5, 5.41) is 11.8. The predicted octanol–water partition coefficient (Wildman–Crippen LogP) is 3.34. The van der Waals surface area contributed by atoms with Gasteiger partial charge in [0.2, 0.25) is 0 Å². The lowest BCUT2D eigenvalue weighted by Crippen LogP contribution is -2.42. The van der Waals surface area contributed by atoms with Gasteiger partial charge in [-0.3, -0.25) is 82.5 Å².